The normalized spacial score (nSPS) is 25.6. The molecular weight excluding hydrogens is 228 g/mol. The number of aryl methyl sites for hydroxylation is 1. The first kappa shape index (κ1) is 13.1. The fraction of sp³-hybridized carbons (Fsp3) is 0.692. The number of hydrogen-bond acceptors (Lipinski definition) is 3. The van der Waals surface area contributed by atoms with Crippen molar-refractivity contribution in [2.75, 3.05) is 0 Å². The van der Waals surface area contributed by atoms with E-state index in [1.165, 1.54) is 0 Å². The Hall–Kier alpha value is -1.36. The molecule has 5 heteroatoms. The molecule has 0 aliphatic carbocycles. The Kier molecular flexibility index (Phi) is 3.71. The smallest absolute Gasteiger partial charge is 0.223 e. The number of amides is 1. The Morgan fingerprint density at radius 1 is 1.50 bits per heavy atom. The van der Waals surface area contributed by atoms with E-state index in [1.54, 1.807) is 6.20 Å². The minimum Gasteiger partial charge on any atom is -0.330 e. The molecular formula is C13H22N4O. The van der Waals surface area contributed by atoms with E-state index in [2.05, 4.69) is 5.10 Å². The van der Waals surface area contributed by atoms with Crippen LogP contribution in [0, 0.1) is 0 Å². The van der Waals surface area contributed by atoms with Crippen molar-refractivity contribution in [3.8, 4) is 0 Å². The van der Waals surface area contributed by atoms with Gasteiger partial charge in [-0.2, -0.15) is 5.10 Å². The van der Waals surface area contributed by atoms with Crippen LogP contribution < -0.4 is 5.73 Å². The third-order valence-electron chi connectivity index (χ3n) is 3.64. The number of aromatic nitrogens is 2. The molecule has 100 valence electrons. The van der Waals surface area contributed by atoms with Gasteiger partial charge in [-0.1, -0.05) is 0 Å². The van der Waals surface area contributed by atoms with Gasteiger partial charge in [0.25, 0.3) is 0 Å². The van der Waals surface area contributed by atoms with Crippen molar-refractivity contribution in [3.05, 3.63) is 18.0 Å². The number of hydrogen-bond donors (Lipinski definition) is 1. The van der Waals surface area contributed by atoms with Crippen LogP contribution in [-0.2, 0) is 11.8 Å². The molecule has 2 unspecified atom stereocenters. The molecule has 1 aromatic heterocycles. The maximum atomic E-state index is 12.3. The van der Waals surface area contributed by atoms with Crippen molar-refractivity contribution in [1.82, 2.24) is 14.7 Å². The summed E-state index contributed by atoms with van der Waals surface area (Å²) in [6, 6.07) is 2.03. The summed E-state index contributed by atoms with van der Waals surface area (Å²) >= 11 is 0. The van der Waals surface area contributed by atoms with Gasteiger partial charge in [-0.25, -0.2) is 0 Å². The van der Waals surface area contributed by atoms with Crippen LogP contribution in [-0.4, -0.2) is 32.7 Å². The Labute approximate surface area is 108 Å². The molecule has 0 radical (unpaired) electrons. The molecule has 0 bridgehead atoms. The average molecular weight is 250 g/mol. The molecule has 1 aliphatic heterocycles. The predicted octanol–water partition coefficient (Wildman–Crippen LogP) is 1.21. The predicted molar refractivity (Wildman–Crippen MR) is 69.8 cm³/mol. The van der Waals surface area contributed by atoms with Crippen LogP contribution in [0.3, 0.4) is 0 Å². The van der Waals surface area contributed by atoms with Gasteiger partial charge in [0.2, 0.25) is 5.91 Å². The number of nitrogens with two attached hydrogens (primary N) is 1. The van der Waals surface area contributed by atoms with Gasteiger partial charge >= 0.3 is 0 Å². The second-order valence-electron chi connectivity index (χ2n) is 5.28. The molecule has 1 aliphatic rings. The van der Waals surface area contributed by atoms with E-state index in [-0.39, 0.29) is 24.0 Å². The fourth-order valence-electron chi connectivity index (χ4n) is 2.78. The van der Waals surface area contributed by atoms with Gasteiger partial charge in [0.1, 0.15) is 0 Å². The highest BCUT2D eigenvalue weighted by molar-refractivity contribution is 5.77. The van der Waals surface area contributed by atoms with E-state index in [0.717, 1.165) is 18.5 Å². The number of carbonyl (C=O) groups excluding carboxylic acids is 1. The van der Waals surface area contributed by atoms with E-state index in [9.17, 15) is 4.79 Å². The molecule has 1 fully saturated rings. The highest BCUT2D eigenvalue weighted by atomic mass is 16.2. The zero-order chi connectivity index (χ0) is 13.3. The van der Waals surface area contributed by atoms with Crippen LogP contribution in [0.25, 0.3) is 0 Å². The summed E-state index contributed by atoms with van der Waals surface area (Å²) in [5.41, 5.74) is 7.31. The van der Waals surface area contributed by atoms with E-state index < -0.39 is 0 Å². The van der Waals surface area contributed by atoms with Gasteiger partial charge in [0.15, 0.2) is 0 Å². The Bertz CT molecular complexity index is 426. The van der Waals surface area contributed by atoms with Crippen molar-refractivity contribution >= 4 is 5.91 Å². The summed E-state index contributed by atoms with van der Waals surface area (Å²) in [6.07, 6.45) is 4.11. The number of carbonyl (C=O) groups is 1. The largest absolute Gasteiger partial charge is 0.330 e. The minimum atomic E-state index is -0.0625. The van der Waals surface area contributed by atoms with Crippen LogP contribution >= 0.6 is 0 Å². The number of likely N-dealkylation sites (tertiary alicyclic amines) is 1. The average Bonchev–Trinajstić information content (AvgIpc) is 2.64. The standard InChI is InChI=1S/C13H22N4O/c1-9(2)17-12(18)6-4-5-10(14)13(17)11-7-8-15-16(11)3/h7-10,13H,4-6,14H2,1-3H3. The molecule has 1 aromatic rings. The maximum absolute atomic E-state index is 12.3. The molecule has 2 N–H and O–H groups in total. The highest BCUT2D eigenvalue weighted by Gasteiger charge is 2.35. The number of nitrogens with zero attached hydrogens (tertiary/aromatic N) is 3. The fourth-order valence-corrected chi connectivity index (χ4v) is 2.78. The summed E-state index contributed by atoms with van der Waals surface area (Å²) < 4.78 is 1.82. The zero-order valence-corrected chi connectivity index (χ0v) is 11.3. The van der Waals surface area contributed by atoms with Crippen molar-refractivity contribution in [2.45, 2.75) is 51.2 Å². The van der Waals surface area contributed by atoms with Crippen molar-refractivity contribution in [3.63, 3.8) is 0 Å². The van der Waals surface area contributed by atoms with Gasteiger partial charge in [-0.15, -0.1) is 0 Å². The quantitative estimate of drug-likeness (QED) is 0.858. The second kappa shape index (κ2) is 5.10. The summed E-state index contributed by atoms with van der Waals surface area (Å²) in [4.78, 5) is 14.2. The van der Waals surface area contributed by atoms with Crippen LogP contribution in [0.15, 0.2) is 12.3 Å². The van der Waals surface area contributed by atoms with E-state index in [4.69, 9.17) is 5.73 Å². The van der Waals surface area contributed by atoms with Crippen molar-refractivity contribution in [2.24, 2.45) is 12.8 Å². The van der Waals surface area contributed by atoms with Gasteiger partial charge in [0, 0.05) is 31.7 Å². The summed E-state index contributed by atoms with van der Waals surface area (Å²) in [6.45, 7) is 4.08. The molecule has 1 saturated heterocycles. The third-order valence-corrected chi connectivity index (χ3v) is 3.64. The lowest BCUT2D eigenvalue weighted by atomic mass is 10.00. The van der Waals surface area contributed by atoms with Gasteiger partial charge in [-0.05, 0) is 32.8 Å². The molecule has 5 nitrogen and oxygen atoms in total. The molecule has 18 heavy (non-hydrogen) atoms. The zero-order valence-electron chi connectivity index (χ0n) is 11.3. The van der Waals surface area contributed by atoms with Crippen LogP contribution in [0.5, 0.6) is 0 Å². The van der Waals surface area contributed by atoms with E-state index in [1.807, 2.05) is 36.5 Å². The molecule has 1 amide bonds. The van der Waals surface area contributed by atoms with Crippen LogP contribution in [0.1, 0.15) is 44.8 Å². The molecule has 0 saturated carbocycles. The highest BCUT2D eigenvalue weighted by Crippen LogP contribution is 2.31. The van der Waals surface area contributed by atoms with Gasteiger partial charge in [0.05, 0.1) is 11.7 Å². The van der Waals surface area contributed by atoms with E-state index in [0.29, 0.717) is 6.42 Å². The topological polar surface area (TPSA) is 64.2 Å². The molecule has 2 atom stereocenters. The first-order chi connectivity index (χ1) is 8.52. The maximum Gasteiger partial charge on any atom is 0.223 e. The molecule has 2 heterocycles. The Balaban J connectivity index is 2.42. The summed E-state index contributed by atoms with van der Waals surface area (Å²) in [7, 11) is 1.90. The lowest BCUT2D eigenvalue weighted by Gasteiger charge is -2.36. The Morgan fingerprint density at radius 3 is 2.78 bits per heavy atom. The Morgan fingerprint density at radius 2 is 2.22 bits per heavy atom. The monoisotopic (exact) mass is 250 g/mol. The van der Waals surface area contributed by atoms with Crippen LogP contribution in [0.2, 0.25) is 0 Å². The third kappa shape index (κ3) is 2.27. The minimum absolute atomic E-state index is 0.0192. The van der Waals surface area contributed by atoms with E-state index >= 15 is 0 Å². The molecule has 0 spiro atoms. The molecule has 0 aromatic carbocycles. The van der Waals surface area contributed by atoms with Crippen molar-refractivity contribution in [1.29, 1.82) is 0 Å². The van der Waals surface area contributed by atoms with Gasteiger partial charge < -0.3 is 10.6 Å². The lowest BCUT2D eigenvalue weighted by Crippen LogP contribution is -2.46. The second-order valence-corrected chi connectivity index (χ2v) is 5.28. The number of rotatable bonds is 2. The lowest BCUT2D eigenvalue weighted by molar-refractivity contribution is -0.135. The SMILES string of the molecule is CC(C)N1C(=O)CCCC(N)C1c1ccnn1C. The van der Waals surface area contributed by atoms with Gasteiger partial charge in [-0.3, -0.25) is 9.48 Å². The van der Waals surface area contributed by atoms with Crippen molar-refractivity contribution < 1.29 is 4.79 Å². The summed E-state index contributed by atoms with van der Waals surface area (Å²) in [5, 5.41) is 4.20. The molecule has 2 rings (SSSR count). The first-order valence-electron chi connectivity index (χ1n) is 6.57. The first-order valence-corrected chi connectivity index (χ1v) is 6.57. The van der Waals surface area contributed by atoms with Crippen LogP contribution in [0.4, 0.5) is 0 Å². The summed E-state index contributed by atoms with van der Waals surface area (Å²) in [5.74, 6) is 0.198.